The summed E-state index contributed by atoms with van der Waals surface area (Å²) in [6, 6.07) is 178. The molecule has 0 saturated heterocycles. The summed E-state index contributed by atoms with van der Waals surface area (Å²) in [5, 5.41) is 7.21. The van der Waals surface area contributed by atoms with Gasteiger partial charge < -0.3 is 19.6 Å². The zero-order valence-electron chi connectivity index (χ0n) is 68.6. The second-order valence-corrected chi connectivity index (χ2v) is 30.7. The topological polar surface area (TPSA) is 13.0 Å². The molecular formula is C120H88N4. The zero-order chi connectivity index (χ0) is 83.2. The molecule has 0 saturated carbocycles. The van der Waals surface area contributed by atoms with Crippen molar-refractivity contribution in [3.8, 4) is 77.9 Å². The summed E-state index contributed by atoms with van der Waals surface area (Å²) >= 11 is 0. The Bertz CT molecular complexity index is 6890. The lowest BCUT2D eigenvalue weighted by molar-refractivity contribution is 1.28. The molecule has 0 atom stereocenters. The van der Waals surface area contributed by atoms with Gasteiger partial charge in [-0.15, -0.1) is 0 Å². The van der Waals surface area contributed by atoms with Gasteiger partial charge in [-0.3, -0.25) is 0 Å². The average molecular weight is 1590 g/mol. The smallest absolute Gasteiger partial charge is 0.0540 e. The van der Waals surface area contributed by atoms with Crippen LogP contribution in [0, 0.1) is 0 Å². The van der Waals surface area contributed by atoms with E-state index in [0.29, 0.717) is 0 Å². The van der Waals surface area contributed by atoms with Crippen molar-refractivity contribution in [3.05, 3.63) is 534 Å². The van der Waals surface area contributed by atoms with E-state index in [2.05, 4.69) is 536 Å². The van der Waals surface area contributed by atoms with Gasteiger partial charge in [0.05, 0.1) is 39.8 Å². The maximum atomic E-state index is 4.09. The Hall–Kier alpha value is -16.4. The number of anilines is 11. The van der Waals surface area contributed by atoms with Gasteiger partial charge in [0.15, 0.2) is 0 Å². The van der Waals surface area contributed by atoms with Crippen molar-refractivity contribution in [2.45, 2.75) is 0 Å². The molecule has 20 aromatic carbocycles. The second kappa shape index (κ2) is 36.4. The van der Waals surface area contributed by atoms with Crippen molar-refractivity contribution >= 4 is 100 Å². The minimum Gasteiger partial charge on any atom is -0.317 e. The highest BCUT2D eigenvalue weighted by atomic mass is 15.2. The molecule has 0 aromatic heterocycles. The Morgan fingerprint density at radius 3 is 0.758 bits per heavy atom. The van der Waals surface area contributed by atoms with E-state index in [4.69, 9.17) is 0 Å². The lowest BCUT2D eigenvalue weighted by atomic mass is 9.96. The van der Waals surface area contributed by atoms with E-state index < -0.39 is 0 Å². The lowest BCUT2D eigenvalue weighted by Gasteiger charge is -2.29. The normalized spacial score (nSPS) is 11.3. The van der Waals surface area contributed by atoms with Crippen molar-refractivity contribution in [2.24, 2.45) is 0 Å². The van der Waals surface area contributed by atoms with E-state index in [-0.39, 0.29) is 0 Å². The predicted octanol–water partition coefficient (Wildman–Crippen LogP) is 33.8. The van der Waals surface area contributed by atoms with Crippen molar-refractivity contribution < 1.29 is 0 Å². The molecule has 0 N–H and O–H groups in total. The Labute approximate surface area is 727 Å². The SMILES string of the molecule is C=C/C(=C\C=C\N(c1ccccc1)c1ccccc1-c1ccc(-c2ccccc2N(c2ccc(-c3ccccc3)cc2)c2cccc3ccccc23)cc1)c1ccccc1.c1ccc(-c2ccc(N(c3ccccc3-c3ccc(-c4ccccc4N(c4ccc(-c5ccccc5)cc4)c4cccc5ccccc45)cc3)c3cccc4ccccc34)cc2)cc1. The van der Waals surface area contributed by atoms with Crippen LogP contribution in [0.5, 0.6) is 0 Å². The molecule has 0 aliphatic carbocycles. The van der Waals surface area contributed by atoms with E-state index in [0.717, 1.165) is 118 Å². The number of nitrogens with zero attached hydrogens (tertiary/aromatic N) is 4. The molecule has 20 rings (SSSR count). The van der Waals surface area contributed by atoms with Crippen LogP contribution >= 0.6 is 0 Å². The van der Waals surface area contributed by atoms with Gasteiger partial charge in [0.1, 0.15) is 0 Å². The number of rotatable bonds is 22. The van der Waals surface area contributed by atoms with E-state index >= 15 is 0 Å². The van der Waals surface area contributed by atoms with Crippen LogP contribution in [0.15, 0.2) is 528 Å². The molecule has 0 heterocycles. The maximum Gasteiger partial charge on any atom is 0.0540 e. The summed E-state index contributed by atoms with van der Waals surface area (Å²) in [5.41, 5.74) is 30.7. The number of hydrogen-bond donors (Lipinski definition) is 0. The van der Waals surface area contributed by atoms with Gasteiger partial charge in [-0.1, -0.05) is 425 Å². The second-order valence-electron chi connectivity index (χ2n) is 30.7. The van der Waals surface area contributed by atoms with Gasteiger partial charge in [0.2, 0.25) is 0 Å². The lowest BCUT2D eigenvalue weighted by Crippen LogP contribution is -2.12. The molecule has 0 unspecified atom stereocenters. The molecule has 124 heavy (non-hydrogen) atoms. The van der Waals surface area contributed by atoms with E-state index in [9.17, 15) is 0 Å². The molecule has 4 nitrogen and oxygen atoms in total. The fourth-order valence-corrected chi connectivity index (χ4v) is 17.1. The van der Waals surface area contributed by atoms with Gasteiger partial charge in [-0.25, -0.2) is 0 Å². The Balaban J connectivity index is 0.000000163. The summed E-state index contributed by atoms with van der Waals surface area (Å²) in [7, 11) is 0. The Morgan fingerprint density at radius 1 is 0.185 bits per heavy atom. The first-order chi connectivity index (χ1) is 61.5. The quantitative estimate of drug-likeness (QED) is 0.0627. The van der Waals surface area contributed by atoms with Crippen LogP contribution in [0.4, 0.5) is 62.6 Å². The highest BCUT2D eigenvalue weighted by molar-refractivity contribution is 6.05. The van der Waals surface area contributed by atoms with Gasteiger partial charge in [0.25, 0.3) is 0 Å². The molecule has 0 radical (unpaired) electrons. The number of benzene rings is 20. The number of allylic oxidation sites excluding steroid dienone is 4. The van der Waals surface area contributed by atoms with Crippen LogP contribution in [0.2, 0.25) is 0 Å². The molecule has 4 heteroatoms. The molecule has 588 valence electrons. The first kappa shape index (κ1) is 77.5. The summed E-state index contributed by atoms with van der Waals surface area (Å²) in [6.07, 6.45) is 8.26. The summed E-state index contributed by atoms with van der Waals surface area (Å²) < 4.78 is 0. The minimum absolute atomic E-state index is 1.06. The van der Waals surface area contributed by atoms with Crippen molar-refractivity contribution in [2.75, 3.05) is 19.6 Å². The van der Waals surface area contributed by atoms with Crippen molar-refractivity contribution in [1.29, 1.82) is 0 Å². The molecular weight excluding hydrogens is 1500 g/mol. The van der Waals surface area contributed by atoms with E-state index in [1.165, 1.54) is 65.7 Å². The fraction of sp³-hybridized carbons (Fsp3) is 0. The first-order valence-electron chi connectivity index (χ1n) is 42.3. The highest BCUT2D eigenvalue weighted by Crippen LogP contribution is 2.50. The molecule has 0 aliphatic heterocycles. The van der Waals surface area contributed by atoms with Crippen LogP contribution in [-0.4, -0.2) is 0 Å². The summed E-state index contributed by atoms with van der Waals surface area (Å²) in [6.45, 7) is 4.09. The third-order valence-corrected chi connectivity index (χ3v) is 23.2. The van der Waals surface area contributed by atoms with Gasteiger partial charge in [-0.2, -0.15) is 0 Å². The van der Waals surface area contributed by atoms with Crippen molar-refractivity contribution in [3.63, 3.8) is 0 Å². The molecule has 0 aliphatic rings. The standard InChI is InChI=1S/C62H44N2.C58H44N2/c1-3-17-45(18-4-1)47-37-41-53(42-38-47)63(61-31-15-23-49-21-7-9-25-55(49)61)59-29-13-11-27-57(59)51-33-35-52(36-34-51)58-28-12-14-30-60(58)64(62-32-16-24-50-22-8-10-26-56(50)62)54-43-39-48(40-44-54)46-19-5-2-6-20-46;1-2-44(45-20-6-3-7-21-45)26-19-43-59(51-27-10-5-11-28-51)56-32-16-14-29-53(56)49-35-37-50(38-36-49)55-31-15-17-33-57(55)60(58-34-18-25-48-24-12-13-30-54(48)58)52-41-39-47(40-42-52)46-22-8-4-9-23-46/h1-44H;2-43H,1H2/b;43-19+,44-26+. The van der Waals surface area contributed by atoms with Crippen molar-refractivity contribution in [1.82, 2.24) is 0 Å². The van der Waals surface area contributed by atoms with Gasteiger partial charge in [0, 0.05) is 67.4 Å². The molecule has 20 aromatic rings. The Kier molecular flexibility index (Phi) is 22.8. The van der Waals surface area contributed by atoms with Crippen LogP contribution in [-0.2, 0) is 0 Å². The summed E-state index contributed by atoms with van der Waals surface area (Å²) in [5.74, 6) is 0. The fourth-order valence-electron chi connectivity index (χ4n) is 17.1. The summed E-state index contributed by atoms with van der Waals surface area (Å²) in [4.78, 5) is 9.50. The van der Waals surface area contributed by atoms with Crippen LogP contribution in [0.3, 0.4) is 0 Å². The van der Waals surface area contributed by atoms with Gasteiger partial charge >= 0.3 is 0 Å². The molecule has 0 amide bonds. The third-order valence-electron chi connectivity index (χ3n) is 23.2. The molecule has 0 bridgehead atoms. The Morgan fingerprint density at radius 2 is 0.427 bits per heavy atom. The monoisotopic (exact) mass is 1580 g/mol. The van der Waals surface area contributed by atoms with E-state index in [1.807, 2.05) is 12.1 Å². The highest BCUT2D eigenvalue weighted by Gasteiger charge is 2.25. The van der Waals surface area contributed by atoms with Crippen LogP contribution < -0.4 is 19.6 Å². The number of fused-ring (bicyclic) bond motifs is 3. The maximum absolute atomic E-state index is 4.09. The minimum atomic E-state index is 1.06. The first-order valence-corrected chi connectivity index (χ1v) is 42.3. The molecule has 0 fully saturated rings. The average Bonchev–Trinajstić information content (AvgIpc) is 0.770. The number of para-hydroxylation sites is 5. The largest absolute Gasteiger partial charge is 0.317 e. The third kappa shape index (κ3) is 16.5. The van der Waals surface area contributed by atoms with Crippen LogP contribution in [0.1, 0.15) is 5.56 Å². The van der Waals surface area contributed by atoms with Gasteiger partial charge in [-0.05, 0) is 180 Å². The van der Waals surface area contributed by atoms with Crippen LogP contribution in [0.25, 0.3) is 116 Å². The molecule has 0 spiro atoms. The number of hydrogen-bond acceptors (Lipinski definition) is 4. The zero-order valence-corrected chi connectivity index (χ0v) is 68.6. The predicted molar refractivity (Wildman–Crippen MR) is 530 cm³/mol. The van der Waals surface area contributed by atoms with E-state index in [1.54, 1.807) is 0 Å².